The molecule has 0 aliphatic heterocycles. The number of rotatable bonds is 4. The first kappa shape index (κ1) is 9.29. The summed E-state index contributed by atoms with van der Waals surface area (Å²) in [5.41, 5.74) is 0. The second kappa shape index (κ2) is 6.41. The fraction of sp³-hybridized carbons (Fsp3) is 0.600. The fourth-order valence-electron chi connectivity index (χ4n) is 0.294. The van der Waals surface area contributed by atoms with Crippen molar-refractivity contribution in [1.29, 1.82) is 0 Å². The smallest absolute Gasteiger partial charge is 0.369 e. The Morgan fingerprint density at radius 2 is 2.50 bits per heavy atom. The first-order chi connectivity index (χ1) is 4.81. The van der Waals surface area contributed by atoms with Gasteiger partial charge in [-0.3, -0.25) is 4.79 Å². The maximum absolute atomic E-state index is 10.5. The van der Waals surface area contributed by atoms with Crippen LogP contribution in [0.2, 0.25) is 0 Å². The lowest BCUT2D eigenvalue weighted by atomic mass is 11.0. The summed E-state index contributed by atoms with van der Waals surface area (Å²) >= 11 is 1.06. The van der Waals surface area contributed by atoms with E-state index in [1.807, 2.05) is 6.92 Å². The molecule has 0 aromatic rings. The Balaban J connectivity index is 3.13. The van der Waals surface area contributed by atoms with Crippen molar-refractivity contribution in [3.05, 3.63) is 0 Å². The molecule has 10 heavy (non-hydrogen) atoms. The molecule has 0 fully saturated rings. The molecule has 0 spiro atoms. The van der Waals surface area contributed by atoms with Crippen LogP contribution in [0, 0.1) is 0 Å². The molecule has 5 heteroatoms. The second-order valence-corrected chi connectivity index (χ2v) is 2.49. The van der Waals surface area contributed by atoms with E-state index in [1.165, 1.54) is 0 Å². The molecule has 0 aromatic heterocycles. The molecule has 4 nitrogen and oxygen atoms in total. The van der Waals surface area contributed by atoms with E-state index in [-0.39, 0.29) is 12.0 Å². The Labute approximate surface area is 63.3 Å². The van der Waals surface area contributed by atoms with Gasteiger partial charge in [-0.2, -0.15) is 0 Å². The van der Waals surface area contributed by atoms with Gasteiger partial charge in [0, 0.05) is 5.75 Å². The van der Waals surface area contributed by atoms with Crippen molar-refractivity contribution in [2.45, 2.75) is 6.92 Å². The molecule has 0 saturated heterocycles. The maximum Gasteiger partial charge on any atom is 0.369 e. The Bertz CT molecular complexity index is 117. The number of hydrogen-bond acceptors (Lipinski definition) is 4. The molecule has 0 rings (SSSR count). The lowest BCUT2D eigenvalue weighted by molar-refractivity contribution is -0.110. The summed E-state index contributed by atoms with van der Waals surface area (Å²) in [4.78, 5) is 20.1. The van der Waals surface area contributed by atoms with Gasteiger partial charge in [0.2, 0.25) is 6.41 Å². The van der Waals surface area contributed by atoms with E-state index in [4.69, 9.17) is 0 Å². The quantitative estimate of drug-likeness (QED) is 0.285. The molecule has 0 aromatic carbocycles. The summed E-state index contributed by atoms with van der Waals surface area (Å²) in [6, 6.07) is 0. The largest absolute Gasteiger partial charge is 0.436 e. The molecule has 0 heterocycles. The summed E-state index contributed by atoms with van der Waals surface area (Å²) < 4.78 is 4.50. The molecule has 58 valence electrons. The molecule has 0 bridgehead atoms. The van der Waals surface area contributed by atoms with Crippen molar-refractivity contribution < 1.29 is 14.3 Å². The number of thioether (sulfide) groups is 1. The SMILES string of the molecule is CCSC(=O)OCNC=O. The summed E-state index contributed by atoms with van der Waals surface area (Å²) in [5.74, 6) is 0.680. The van der Waals surface area contributed by atoms with Crippen LogP contribution < -0.4 is 5.32 Å². The van der Waals surface area contributed by atoms with Crippen molar-refractivity contribution >= 4 is 23.5 Å². The molecule has 0 saturated carbocycles. The van der Waals surface area contributed by atoms with Crippen molar-refractivity contribution in [3.8, 4) is 0 Å². The van der Waals surface area contributed by atoms with Gasteiger partial charge in [-0.1, -0.05) is 6.92 Å². The molecule has 1 N–H and O–H groups in total. The van der Waals surface area contributed by atoms with E-state index in [0.29, 0.717) is 12.2 Å². The van der Waals surface area contributed by atoms with E-state index >= 15 is 0 Å². The monoisotopic (exact) mass is 163 g/mol. The van der Waals surface area contributed by atoms with Gasteiger partial charge in [0.05, 0.1) is 0 Å². The molecular formula is C5H9NO3S. The van der Waals surface area contributed by atoms with Crippen molar-refractivity contribution in [2.75, 3.05) is 12.5 Å². The van der Waals surface area contributed by atoms with Gasteiger partial charge < -0.3 is 10.1 Å². The highest BCUT2D eigenvalue weighted by atomic mass is 32.2. The van der Waals surface area contributed by atoms with Crippen LogP contribution in [0.15, 0.2) is 0 Å². The van der Waals surface area contributed by atoms with Crippen LogP contribution in [0.1, 0.15) is 6.92 Å². The zero-order valence-corrected chi connectivity index (χ0v) is 6.44. The predicted octanol–water partition coefficient (Wildman–Crippen LogP) is 0.580. The fourth-order valence-corrected chi connectivity index (χ4v) is 0.672. The second-order valence-electron chi connectivity index (χ2n) is 1.29. The van der Waals surface area contributed by atoms with Crippen LogP contribution in [0.5, 0.6) is 0 Å². The third-order valence-corrected chi connectivity index (χ3v) is 1.26. The average molecular weight is 163 g/mol. The molecule has 0 radical (unpaired) electrons. The summed E-state index contributed by atoms with van der Waals surface area (Å²) in [5, 5.41) is 1.84. The molecule has 1 amide bonds. The van der Waals surface area contributed by atoms with Gasteiger partial charge in [0.15, 0.2) is 6.73 Å². The van der Waals surface area contributed by atoms with Gasteiger partial charge in [-0.15, -0.1) is 0 Å². The van der Waals surface area contributed by atoms with Crippen molar-refractivity contribution in [2.24, 2.45) is 0 Å². The van der Waals surface area contributed by atoms with E-state index in [1.54, 1.807) is 0 Å². The minimum absolute atomic E-state index is 0.0463. The highest BCUT2D eigenvalue weighted by Gasteiger charge is 1.98. The van der Waals surface area contributed by atoms with Gasteiger partial charge in [0.25, 0.3) is 0 Å². The van der Waals surface area contributed by atoms with Crippen LogP contribution in [0.3, 0.4) is 0 Å². The Morgan fingerprint density at radius 1 is 1.80 bits per heavy atom. The maximum atomic E-state index is 10.5. The standard InChI is InChI=1S/C5H9NO3S/c1-2-10-5(8)9-4-6-3-7/h3H,2,4H2,1H3,(H,6,7). The Kier molecular flexibility index (Phi) is 5.96. The zero-order valence-electron chi connectivity index (χ0n) is 5.62. The topological polar surface area (TPSA) is 55.4 Å². The highest BCUT2D eigenvalue weighted by Crippen LogP contribution is 2.02. The number of carbonyl (C=O) groups is 2. The number of amides is 1. The molecule has 0 aliphatic carbocycles. The van der Waals surface area contributed by atoms with Crippen molar-refractivity contribution in [3.63, 3.8) is 0 Å². The van der Waals surface area contributed by atoms with Crippen molar-refractivity contribution in [1.82, 2.24) is 5.32 Å². The average Bonchev–Trinajstić information content (AvgIpc) is 1.89. The van der Waals surface area contributed by atoms with Gasteiger partial charge in [0.1, 0.15) is 0 Å². The lowest BCUT2D eigenvalue weighted by Gasteiger charge is -1.99. The first-order valence-electron chi connectivity index (χ1n) is 2.77. The van der Waals surface area contributed by atoms with Crippen LogP contribution in [0.25, 0.3) is 0 Å². The Hall–Kier alpha value is -0.710. The van der Waals surface area contributed by atoms with E-state index in [9.17, 15) is 9.59 Å². The number of carbonyl (C=O) groups excluding carboxylic acids is 2. The number of ether oxygens (including phenoxy) is 1. The van der Waals surface area contributed by atoms with Crippen LogP contribution in [-0.4, -0.2) is 24.2 Å². The predicted molar refractivity (Wildman–Crippen MR) is 38.7 cm³/mol. The van der Waals surface area contributed by atoms with Gasteiger partial charge in [-0.25, -0.2) is 4.79 Å². The zero-order chi connectivity index (χ0) is 7.82. The van der Waals surface area contributed by atoms with E-state index < -0.39 is 0 Å². The summed E-state index contributed by atoms with van der Waals surface area (Å²) in [7, 11) is 0. The minimum atomic E-state index is -0.364. The summed E-state index contributed by atoms with van der Waals surface area (Å²) in [6.45, 7) is 1.80. The van der Waals surface area contributed by atoms with Crippen LogP contribution in [-0.2, 0) is 9.53 Å². The van der Waals surface area contributed by atoms with Crippen LogP contribution >= 0.6 is 11.8 Å². The number of hydrogen-bond donors (Lipinski definition) is 1. The number of nitrogens with one attached hydrogen (secondary N) is 1. The molecule has 0 aliphatic rings. The molecular weight excluding hydrogens is 154 g/mol. The Morgan fingerprint density at radius 3 is 3.00 bits per heavy atom. The molecule has 0 atom stereocenters. The summed E-state index contributed by atoms with van der Waals surface area (Å²) in [6.07, 6.45) is 0.476. The third kappa shape index (κ3) is 5.43. The normalized spacial score (nSPS) is 8.50. The minimum Gasteiger partial charge on any atom is -0.436 e. The van der Waals surface area contributed by atoms with E-state index in [0.717, 1.165) is 11.8 Å². The highest BCUT2D eigenvalue weighted by molar-refractivity contribution is 8.13. The first-order valence-corrected chi connectivity index (χ1v) is 3.76. The lowest BCUT2D eigenvalue weighted by Crippen LogP contribution is -2.16. The third-order valence-electron chi connectivity index (χ3n) is 0.619. The van der Waals surface area contributed by atoms with Gasteiger partial charge >= 0.3 is 5.30 Å². The van der Waals surface area contributed by atoms with E-state index in [2.05, 4.69) is 10.1 Å². The van der Waals surface area contributed by atoms with Gasteiger partial charge in [-0.05, 0) is 11.8 Å². The molecule has 0 unspecified atom stereocenters. The van der Waals surface area contributed by atoms with Crippen LogP contribution in [0.4, 0.5) is 4.79 Å².